The zero-order valence-electron chi connectivity index (χ0n) is 6.95. The summed E-state index contributed by atoms with van der Waals surface area (Å²) in [5.41, 5.74) is 0.415. The molecule has 4 heteroatoms. The summed E-state index contributed by atoms with van der Waals surface area (Å²) in [7, 11) is 0. The van der Waals surface area contributed by atoms with E-state index in [0.717, 1.165) is 6.54 Å². The molecule has 1 aromatic heterocycles. The van der Waals surface area contributed by atoms with Gasteiger partial charge < -0.3 is 5.32 Å². The van der Waals surface area contributed by atoms with Crippen LogP contribution in [-0.2, 0) is 0 Å². The van der Waals surface area contributed by atoms with E-state index in [-0.39, 0.29) is 5.78 Å². The lowest BCUT2D eigenvalue weighted by Crippen LogP contribution is -2.23. The number of likely N-dealkylation sites (N-methyl/N-ethyl adjacent to an activating group) is 1. The summed E-state index contributed by atoms with van der Waals surface area (Å²) >= 11 is 0. The van der Waals surface area contributed by atoms with Crippen LogP contribution in [0.25, 0.3) is 0 Å². The Hall–Kier alpha value is -1.29. The fourth-order valence-electron chi connectivity index (χ4n) is 0.772. The second-order valence-electron chi connectivity index (χ2n) is 2.29. The van der Waals surface area contributed by atoms with Crippen molar-refractivity contribution in [2.24, 2.45) is 0 Å². The molecule has 0 fully saturated rings. The molecule has 4 nitrogen and oxygen atoms in total. The molecular formula is C8H11N3O. The van der Waals surface area contributed by atoms with Crippen molar-refractivity contribution < 1.29 is 4.79 Å². The summed E-state index contributed by atoms with van der Waals surface area (Å²) in [6.45, 7) is 3.06. The van der Waals surface area contributed by atoms with Crippen molar-refractivity contribution in [1.29, 1.82) is 0 Å². The Balaban J connectivity index is 2.54. The van der Waals surface area contributed by atoms with Crippen molar-refractivity contribution in [1.82, 2.24) is 15.3 Å². The average molecular weight is 165 g/mol. The topological polar surface area (TPSA) is 54.9 Å². The number of nitrogens with one attached hydrogen (secondary N) is 1. The van der Waals surface area contributed by atoms with Gasteiger partial charge in [0, 0.05) is 12.4 Å². The lowest BCUT2D eigenvalue weighted by molar-refractivity contribution is 0.0986. The van der Waals surface area contributed by atoms with Gasteiger partial charge in [0.25, 0.3) is 0 Å². The van der Waals surface area contributed by atoms with E-state index < -0.39 is 0 Å². The molecule has 0 aliphatic heterocycles. The Labute approximate surface area is 71.0 Å². The number of Topliss-reactive ketones (excluding diaryl/α,β-unsaturated/α-hetero) is 1. The van der Waals surface area contributed by atoms with E-state index in [2.05, 4.69) is 15.3 Å². The Bertz CT molecular complexity index is 248. The van der Waals surface area contributed by atoms with Gasteiger partial charge in [-0.15, -0.1) is 0 Å². The molecule has 0 atom stereocenters. The minimum absolute atomic E-state index is 0.0232. The van der Waals surface area contributed by atoms with Gasteiger partial charge in [0.05, 0.1) is 12.7 Å². The first-order valence-corrected chi connectivity index (χ1v) is 3.84. The molecule has 0 bridgehead atoms. The van der Waals surface area contributed by atoms with Crippen molar-refractivity contribution in [3.05, 3.63) is 24.3 Å². The van der Waals surface area contributed by atoms with Crippen molar-refractivity contribution in [2.75, 3.05) is 13.1 Å². The minimum Gasteiger partial charge on any atom is -0.310 e. The quantitative estimate of drug-likeness (QED) is 0.650. The number of aromatic nitrogens is 2. The number of hydrogen-bond acceptors (Lipinski definition) is 4. The molecule has 1 rings (SSSR count). The molecule has 0 unspecified atom stereocenters. The molecule has 12 heavy (non-hydrogen) atoms. The first kappa shape index (κ1) is 8.80. The van der Waals surface area contributed by atoms with E-state index in [0.29, 0.717) is 12.2 Å². The van der Waals surface area contributed by atoms with Crippen LogP contribution in [0.3, 0.4) is 0 Å². The van der Waals surface area contributed by atoms with Gasteiger partial charge in [-0.3, -0.25) is 9.78 Å². The van der Waals surface area contributed by atoms with Gasteiger partial charge >= 0.3 is 0 Å². The Kier molecular flexibility index (Phi) is 3.35. The third-order valence-electron chi connectivity index (χ3n) is 1.38. The Morgan fingerprint density at radius 2 is 2.42 bits per heavy atom. The Morgan fingerprint density at radius 1 is 1.58 bits per heavy atom. The van der Waals surface area contributed by atoms with Crippen LogP contribution in [0.1, 0.15) is 17.4 Å². The first-order chi connectivity index (χ1) is 5.84. The monoisotopic (exact) mass is 165 g/mol. The fraction of sp³-hybridized carbons (Fsp3) is 0.375. The van der Waals surface area contributed by atoms with E-state index in [1.807, 2.05) is 6.92 Å². The van der Waals surface area contributed by atoms with E-state index in [1.165, 1.54) is 12.4 Å². The summed E-state index contributed by atoms with van der Waals surface area (Å²) in [4.78, 5) is 18.9. The maximum atomic E-state index is 11.2. The second-order valence-corrected chi connectivity index (χ2v) is 2.29. The highest BCUT2D eigenvalue weighted by atomic mass is 16.1. The second kappa shape index (κ2) is 4.56. The molecular weight excluding hydrogens is 154 g/mol. The summed E-state index contributed by atoms with van der Waals surface area (Å²) in [5.74, 6) is -0.0232. The number of ketones is 1. The molecule has 64 valence electrons. The van der Waals surface area contributed by atoms with Gasteiger partial charge in [-0.25, -0.2) is 4.98 Å². The third-order valence-corrected chi connectivity index (χ3v) is 1.38. The summed E-state index contributed by atoms with van der Waals surface area (Å²) in [5, 5.41) is 2.93. The zero-order chi connectivity index (χ0) is 8.81. The van der Waals surface area contributed by atoms with Crippen LogP contribution < -0.4 is 5.32 Å². The maximum Gasteiger partial charge on any atom is 0.196 e. The molecule has 1 N–H and O–H groups in total. The number of rotatable bonds is 4. The summed E-state index contributed by atoms with van der Waals surface area (Å²) in [6, 6.07) is 0. The Morgan fingerprint density at radius 3 is 3.00 bits per heavy atom. The first-order valence-electron chi connectivity index (χ1n) is 3.84. The van der Waals surface area contributed by atoms with Crippen molar-refractivity contribution in [3.8, 4) is 0 Å². The summed E-state index contributed by atoms with van der Waals surface area (Å²) < 4.78 is 0. The maximum absolute atomic E-state index is 11.2. The van der Waals surface area contributed by atoms with Crippen molar-refractivity contribution in [2.45, 2.75) is 6.92 Å². The lowest BCUT2D eigenvalue weighted by Gasteiger charge is -1.98. The number of nitrogens with zero attached hydrogens (tertiary/aromatic N) is 2. The van der Waals surface area contributed by atoms with Crippen LogP contribution in [0.2, 0.25) is 0 Å². The van der Waals surface area contributed by atoms with Crippen molar-refractivity contribution >= 4 is 5.78 Å². The van der Waals surface area contributed by atoms with Crippen molar-refractivity contribution in [3.63, 3.8) is 0 Å². The molecule has 0 spiro atoms. The number of carbonyl (C=O) groups is 1. The summed E-state index contributed by atoms with van der Waals surface area (Å²) in [6.07, 6.45) is 4.53. The molecule has 0 saturated heterocycles. The van der Waals surface area contributed by atoms with E-state index in [9.17, 15) is 4.79 Å². The van der Waals surface area contributed by atoms with E-state index in [1.54, 1.807) is 6.20 Å². The predicted molar refractivity (Wildman–Crippen MR) is 44.9 cm³/mol. The largest absolute Gasteiger partial charge is 0.310 e. The molecule has 0 saturated carbocycles. The molecule has 1 heterocycles. The zero-order valence-corrected chi connectivity index (χ0v) is 6.95. The van der Waals surface area contributed by atoms with Crippen LogP contribution in [0.4, 0.5) is 0 Å². The average Bonchev–Trinajstić information content (AvgIpc) is 2.15. The highest BCUT2D eigenvalue weighted by molar-refractivity contribution is 5.95. The highest BCUT2D eigenvalue weighted by Crippen LogP contribution is 1.90. The molecule has 0 aromatic carbocycles. The number of carbonyl (C=O) groups excluding carboxylic acids is 1. The van der Waals surface area contributed by atoms with Crippen LogP contribution in [0.5, 0.6) is 0 Å². The van der Waals surface area contributed by atoms with Crippen LogP contribution in [-0.4, -0.2) is 28.8 Å². The predicted octanol–water partition coefficient (Wildman–Crippen LogP) is 0.269. The van der Waals surface area contributed by atoms with Gasteiger partial charge in [0.15, 0.2) is 5.78 Å². The van der Waals surface area contributed by atoms with Crippen LogP contribution in [0.15, 0.2) is 18.6 Å². The van der Waals surface area contributed by atoms with Gasteiger partial charge in [-0.1, -0.05) is 6.92 Å². The molecule has 0 radical (unpaired) electrons. The van der Waals surface area contributed by atoms with Gasteiger partial charge in [0.2, 0.25) is 0 Å². The van der Waals surface area contributed by atoms with Gasteiger partial charge in [0.1, 0.15) is 5.69 Å². The normalized spacial score (nSPS) is 9.75. The highest BCUT2D eigenvalue weighted by Gasteiger charge is 2.04. The minimum atomic E-state index is -0.0232. The lowest BCUT2D eigenvalue weighted by atomic mass is 10.3. The standard InChI is InChI=1S/C8H11N3O/c1-2-9-6-8(12)7-5-10-3-4-11-7/h3-5,9H,2,6H2,1H3. The number of hydrogen-bond donors (Lipinski definition) is 1. The molecule has 0 aliphatic carbocycles. The third kappa shape index (κ3) is 2.39. The van der Waals surface area contributed by atoms with Gasteiger partial charge in [-0.2, -0.15) is 0 Å². The molecule has 0 amide bonds. The van der Waals surface area contributed by atoms with Crippen LogP contribution in [0, 0.1) is 0 Å². The SMILES string of the molecule is CCNCC(=O)c1cnccn1. The van der Waals surface area contributed by atoms with E-state index >= 15 is 0 Å². The molecule has 0 aliphatic rings. The fourth-order valence-corrected chi connectivity index (χ4v) is 0.772. The van der Waals surface area contributed by atoms with Crippen LogP contribution >= 0.6 is 0 Å². The van der Waals surface area contributed by atoms with E-state index in [4.69, 9.17) is 0 Å². The molecule has 1 aromatic rings. The smallest absolute Gasteiger partial charge is 0.196 e. The van der Waals surface area contributed by atoms with Gasteiger partial charge in [-0.05, 0) is 6.54 Å².